The zero-order valence-electron chi connectivity index (χ0n) is 9.47. The van der Waals surface area contributed by atoms with Gasteiger partial charge in [0.25, 0.3) is 0 Å². The van der Waals surface area contributed by atoms with Crippen molar-refractivity contribution in [2.45, 2.75) is 6.54 Å². The molecule has 2 N–H and O–H groups in total. The molecule has 0 saturated heterocycles. The molecule has 0 saturated carbocycles. The van der Waals surface area contributed by atoms with Gasteiger partial charge in [-0.05, 0) is 25.2 Å². The maximum absolute atomic E-state index is 5.65. The number of rotatable bonds is 3. The maximum atomic E-state index is 5.65. The van der Waals surface area contributed by atoms with E-state index in [1.165, 1.54) is 5.56 Å². The molecule has 2 aromatic rings. The van der Waals surface area contributed by atoms with E-state index < -0.39 is 0 Å². The molecule has 0 atom stereocenters. The van der Waals surface area contributed by atoms with Crippen LogP contribution in [0, 0.1) is 0 Å². The van der Waals surface area contributed by atoms with Gasteiger partial charge in [-0.2, -0.15) is 0 Å². The summed E-state index contributed by atoms with van der Waals surface area (Å²) in [6, 6.07) is 8.23. The Bertz CT molecular complexity index is 459. The summed E-state index contributed by atoms with van der Waals surface area (Å²) < 4.78 is 4.83. The van der Waals surface area contributed by atoms with Crippen LogP contribution in [0.5, 0.6) is 0 Å². The normalized spacial score (nSPS) is 10.9. The quantitative estimate of drug-likeness (QED) is 0.854. The van der Waals surface area contributed by atoms with Crippen LogP contribution in [0.4, 0.5) is 5.88 Å². The van der Waals surface area contributed by atoms with Crippen molar-refractivity contribution in [2.24, 2.45) is 0 Å². The lowest BCUT2D eigenvalue weighted by molar-refractivity contribution is 0.402. The summed E-state index contributed by atoms with van der Waals surface area (Å²) in [4.78, 5) is 2.13. The number of nitrogen functional groups attached to an aromatic ring is 1. The second-order valence-electron chi connectivity index (χ2n) is 4.04. The zero-order valence-corrected chi connectivity index (χ0v) is 9.47. The van der Waals surface area contributed by atoms with Crippen LogP contribution in [-0.4, -0.2) is 24.2 Å². The van der Waals surface area contributed by atoms with Gasteiger partial charge in [0.15, 0.2) is 0 Å². The highest BCUT2D eigenvalue weighted by Crippen LogP contribution is 2.25. The number of aromatic nitrogens is 1. The number of benzene rings is 1. The number of nitrogens with two attached hydrogens (primary N) is 1. The standard InChI is InChI=1S/C12H15N3O/c1-15(2)8-9-3-5-10(6-4-9)11-7-14-16-12(11)13/h3-7H,8,13H2,1-2H3. The molecule has 0 amide bonds. The van der Waals surface area contributed by atoms with E-state index in [2.05, 4.69) is 22.2 Å². The molecule has 16 heavy (non-hydrogen) atoms. The van der Waals surface area contributed by atoms with E-state index in [4.69, 9.17) is 10.3 Å². The van der Waals surface area contributed by atoms with Gasteiger partial charge < -0.3 is 15.2 Å². The number of anilines is 1. The van der Waals surface area contributed by atoms with E-state index >= 15 is 0 Å². The average molecular weight is 217 g/mol. The van der Waals surface area contributed by atoms with Gasteiger partial charge in [-0.15, -0.1) is 0 Å². The summed E-state index contributed by atoms with van der Waals surface area (Å²) in [5.74, 6) is 0.361. The Morgan fingerprint density at radius 3 is 2.44 bits per heavy atom. The van der Waals surface area contributed by atoms with E-state index in [0.717, 1.165) is 17.7 Å². The largest absolute Gasteiger partial charge is 0.367 e. The predicted octanol–water partition coefficient (Wildman–Crippen LogP) is 1.99. The molecule has 0 unspecified atom stereocenters. The van der Waals surface area contributed by atoms with Crippen molar-refractivity contribution in [3.63, 3.8) is 0 Å². The van der Waals surface area contributed by atoms with Crippen molar-refractivity contribution >= 4 is 5.88 Å². The summed E-state index contributed by atoms with van der Waals surface area (Å²) in [5.41, 5.74) is 8.79. The van der Waals surface area contributed by atoms with Crippen molar-refractivity contribution < 1.29 is 4.52 Å². The second-order valence-corrected chi connectivity index (χ2v) is 4.04. The van der Waals surface area contributed by atoms with Gasteiger partial charge in [-0.1, -0.05) is 29.4 Å². The van der Waals surface area contributed by atoms with Crippen LogP contribution in [0.15, 0.2) is 35.0 Å². The first-order valence-corrected chi connectivity index (χ1v) is 5.11. The molecule has 1 heterocycles. The third kappa shape index (κ3) is 2.23. The SMILES string of the molecule is CN(C)Cc1ccc(-c2cnoc2N)cc1. The maximum Gasteiger partial charge on any atom is 0.229 e. The van der Waals surface area contributed by atoms with E-state index in [9.17, 15) is 0 Å². The molecule has 0 fully saturated rings. The van der Waals surface area contributed by atoms with Gasteiger partial charge in [0.2, 0.25) is 5.88 Å². The van der Waals surface area contributed by atoms with Crippen LogP contribution in [0.1, 0.15) is 5.56 Å². The average Bonchev–Trinajstić information content (AvgIpc) is 2.65. The molecular weight excluding hydrogens is 202 g/mol. The van der Waals surface area contributed by atoms with Crippen molar-refractivity contribution in [1.29, 1.82) is 0 Å². The van der Waals surface area contributed by atoms with Crippen LogP contribution in [0.2, 0.25) is 0 Å². The van der Waals surface area contributed by atoms with Crippen LogP contribution in [0.3, 0.4) is 0 Å². The molecule has 2 rings (SSSR count). The molecule has 1 aromatic heterocycles. The van der Waals surface area contributed by atoms with Crippen molar-refractivity contribution in [3.05, 3.63) is 36.0 Å². The van der Waals surface area contributed by atoms with Gasteiger partial charge in [-0.25, -0.2) is 0 Å². The molecule has 0 bridgehead atoms. The molecule has 0 spiro atoms. The smallest absolute Gasteiger partial charge is 0.229 e. The fraction of sp³-hybridized carbons (Fsp3) is 0.250. The Hall–Kier alpha value is -1.81. The molecule has 0 aliphatic heterocycles. The Morgan fingerprint density at radius 1 is 1.25 bits per heavy atom. The molecular formula is C12H15N3O. The first-order valence-electron chi connectivity index (χ1n) is 5.11. The topological polar surface area (TPSA) is 55.3 Å². The summed E-state index contributed by atoms with van der Waals surface area (Å²) in [7, 11) is 4.10. The number of nitrogens with zero attached hydrogens (tertiary/aromatic N) is 2. The van der Waals surface area contributed by atoms with E-state index in [-0.39, 0.29) is 0 Å². The monoisotopic (exact) mass is 217 g/mol. The Labute approximate surface area is 94.6 Å². The van der Waals surface area contributed by atoms with Crippen molar-refractivity contribution in [3.8, 4) is 11.1 Å². The third-order valence-electron chi connectivity index (χ3n) is 2.36. The highest BCUT2D eigenvalue weighted by atomic mass is 16.5. The van der Waals surface area contributed by atoms with Crippen LogP contribution < -0.4 is 5.73 Å². The van der Waals surface area contributed by atoms with Crippen LogP contribution in [0.25, 0.3) is 11.1 Å². The lowest BCUT2D eigenvalue weighted by Crippen LogP contribution is -2.10. The third-order valence-corrected chi connectivity index (χ3v) is 2.36. The fourth-order valence-corrected chi connectivity index (χ4v) is 1.62. The Morgan fingerprint density at radius 2 is 1.94 bits per heavy atom. The lowest BCUT2D eigenvalue weighted by Gasteiger charge is -2.09. The first kappa shape index (κ1) is 10.7. The highest BCUT2D eigenvalue weighted by molar-refractivity contribution is 5.71. The molecule has 84 valence electrons. The number of hydrogen-bond acceptors (Lipinski definition) is 4. The van der Waals surface area contributed by atoms with Gasteiger partial charge in [-0.3, -0.25) is 0 Å². The summed E-state index contributed by atoms with van der Waals surface area (Å²) in [6.45, 7) is 0.930. The Kier molecular flexibility index (Phi) is 2.92. The molecule has 4 heteroatoms. The molecule has 0 aliphatic rings. The summed E-state index contributed by atoms with van der Waals surface area (Å²) >= 11 is 0. The molecule has 0 radical (unpaired) electrons. The zero-order chi connectivity index (χ0) is 11.5. The van der Waals surface area contributed by atoms with Gasteiger partial charge in [0.05, 0.1) is 11.8 Å². The number of hydrogen-bond donors (Lipinski definition) is 1. The minimum atomic E-state index is 0.361. The summed E-state index contributed by atoms with van der Waals surface area (Å²) in [6.07, 6.45) is 1.64. The molecule has 0 aliphatic carbocycles. The van der Waals surface area contributed by atoms with Gasteiger partial charge in [0, 0.05) is 6.54 Å². The van der Waals surface area contributed by atoms with E-state index in [1.807, 2.05) is 26.2 Å². The lowest BCUT2D eigenvalue weighted by atomic mass is 10.1. The van der Waals surface area contributed by atoms with E-state index in [1.54, 1.807) is 6.20 Å². The molecule has 1 aromatic carbocycles. The highest BCUT2D eigenvalue weighted by Gasteiger charge is 2.06. The molecule has 4 nitrogen and oxygen atoms in total. The van der Waals surface area contributed by atoms with E-state index in [0.29, 0.717) is 5.88 Å². The van der Waals surface area contributed by atoms with Crippen molar-refractivity contribution in [1.82, 2.24) is 10.1 Å². The fourth-order valence-electron chi connectivity index (χ4n) is 1.62. The van der Waals surface area contributed by atoms with Crippen LogP contribution in [-0.2, 0) is 6.54 Å². The minimum absolute atomic E-state index is 0.361. The van der Waals surface area contributed by atoms with Crippen LogP contribution >= 0.6 is 0 Å². The predicted molar refractivity (Wildman–Crippen MR) is 63.7 cm³/mol. The second kappa shape index (κ2) is 4.37. The van der Waals surface area contributed by atoms with Crippen molar-refractivity contribution in [2.75, 3.05) is 19.8 Å². The summed E-state index contributed by atoms with van der Waals surface area (Å²) in [5, 5.41) is 3.66. The van der Waals surface area contributed by atoms with Gasteiger partial charge in [0.1, 0.15) is 0 Å². The first-order chi connectivity index (χ1) is 7.66. The minimum Gasteiger partial charge on any atom is -0.367 e. The Balaban J connectivity index is 2.23. The van der Waals surface area contributed by atoms with Gasteiger partial charge >= 0.3 is 0 Å².